The fourth-order valence-electron chi connectivity index (χ4n) is 7.38. The number of unbranched alkanes of at least 4 members (excludes halogenated alkanes) is 2. The first-order chi connectivity index (χ1) is 32.2. The number of alkyl halides is 9. The number of halogens is 9. The Hall–Kier alpha value is -7.14. The van der Waals surface area contributed by atoms with Gasteiger partial charge in [-0.05, 0) is 91.1 Å². The highest BCUT2D eigenvalue weighted by Gasteiger charge is 2.71. The van der Waals surface area contributed by atoms with Crippen molar-refractivity contribution in [1.82, 2.24) is 10.6 Å². The number of carbonyl (C=O) groups excluding carboxylic acids is 2. The van der Waals surface area contributed by atoms with Gasteiger partial charge in [-0.15, -0.1) is 0 Å². The summed E-state index contributed by atoms with van der Waals surface area (Å²) in [6.07, 6.45) is -16.6. The van der Waals surface area contributed by atoms with Crippen LogP contribution in [0.3, 0.4) is 0 Å². The second-order valence-electron chi connectivity index (χ2n) is 15.6. The number of carboxylic acid groups (broad SMARTS) is 1. The third-order valence-electron chi connectivity index (χ3n) is 10.8. The maximum atomic E-state index is 13.6. The summed E-state index contributed by atoms with van der Waals surface area (Å²) in [7, 11) is -5.18. The van der Waals surface area contributed by atoms with Crippen LogP contribution in [-0.4, -0.2) is 79.7 Å². The summed E-state index contributed by atoms with van der Waals surface area (Å²) in [6.45, 7) is -2.12. The predicted octanol–water partition coefficient (Wildman–Crippen LogP) is 8.69. The largest absolute Gasteiger partial charge is 0.508 e. The van der Waals surface area contributed by atoms with Crippen LogP contribution in [-0.2, 0) is 26.8 Å². The van der Waals surface area contributed by atoms with Crippen LogP contribution in [0.5, 0.6) is 5.75 Å². The van der Waals surface area contributed by atoms with Crippen LogP contribution >= 0.6 is 0 Å². The smallest absolute Gasteiger partial charge is 0.430 e. The van der Waals surface area contributed by atoms with Gasteiger partial charge in [0.05, 0.1) is 16.1 Å². The van der Waals surface area contributed by atoms with Gasteiger partial charge in [0.1, 0.15) is 23.6 Å². The second-order valence-corrected chi connectivity index (χ2v) is 17.4. The van der Waals surface area contributed by atoms with Gasteiger partial charge < -0.3 is 30.4 Å². The molecule has 0 fully saturated rings. The van der Waals surface area contributed by atoms with Gasteiger partial charge in [0.15, 0.2) is 5.43 Å². The number of hydrogen-bond acceptors (Lipinski definition) is 9. The van der Waals surface area contributed by atoms with E-state index in [9.17, 15) is 82.4 Å². The molecule has 0 bridgehead atoms. The number of nitrogens with zero attached hydrogens (tertiary/aromatic N) is 1. The maximum absolute atomic E-state index is 13.6. The molecule has 1 heterocycles. The second kappa shape index (κ2) is 19.8. The highest BCUT2D eigenvalue weighted by molar-refractivity contribution is 7.92. The first-order valence-corrected chi connectivity index (χ1v) is 21.9. The predicted molar refractivity (Wildman–Crippen MR) is 230 cm³/mol. The molecule has 0 aromatic heterocycles. The molecule has 4 aromatic rings. The summed E-state index contributed by atoms with van der Waals surface area (Å²) in [6, 6.07) is 17.4. The number of aromatic carboxylic acids is 1. The summed E-state index contributed by atoms with van der Waals surface area (Å²) >= 11 is 0. The molecular formula is C46H38F9N3O10S. The van der Waals surface area contributed by atoms with Crippen molar-refractivity contribution < 1.29 is 82.1 Å². The van der Waals surface area contributed by atoms with E-state index < -0.39 is 74.6 Å². The lowest BCUT2D eigenvalue weighted by atomic mass is 9.90. The molecule has 1 aliphatic heterocycles. The van der Waals surface area contributed by atoms with E-state index in [1.807, 2.05) is 0 Å². The molecule has 2 aliphatic rings. The average molecular weight is 996 g/mol. The van der Waals surface area contributed by atoms with Crippen molar-refractivity contribution in [2.45, 2.75) is 61.1 Å². The zero-order valence-electron chi connectivity index (χ0n) is 35.4. The highest BCUT2D eigenvalue weighted by Crippen LogP contribution is 2.50. The Bertz CT molecular complexity index is 3010. The van der Waals surface area contributed by atoms with Gasteiger partial charge in [0.2, 0.25) is 5.91 Å². The molecule has 0 atom stereocenters. The standard InChI is InChI=1S/C46H38F9N3O10S/c47-43(48,49)25-58(29-11-9-28(10-12-29)44(65,45(50,51)52)46(53,54)55)69(66,67)32-6-4-5-26(21-32)18-20-56-39(61)7-2-1-3-19-57-41(62)27-8-15-33(36(22-27)42(63)64)40-34-16-13-30(59)23-37(34)68-38-24-31(60)14-17-35(38)40/h4-6,8-17,21-24,59,65H,1-3,7,18-20,25H2,(H,56,61)(H,57,62)(H,63,64). The van der Waals surface area contributed by atoms with Crippen LogP contribution in [0.15, 0.2) is 117 Å². The number of carbonyl (C=O) groups is 3. The molecule has 5 N–H and O–H groups in total. The third kappa shape index (κ3) is 11.4. The first-order valence-electron chi connectivity index (χ1n) is 20.5. The normalized spacial score (nSPS) is 12.6. The van der Waals surface area contributed by atoms with E-state index in [1.165, 1.54) is 66.7 Å². The molecule has 0 radical (unpaired) electrons. The van der Waals surface area contributed by atoms with Crippen LogP contribution in [0.2, 0.25) is 0 Å². The Kier molecular flexibility index (Phi) is 14.7. The quantitative estimate of drug-likeness (QED) is 0.0334. The summed E-state index contributed by atoms with van der Waals surface area (Å²) < 4.78 is 154. The Balaban J connectivity index is 1.01. The fraction of sp³-hybridized carbons (Fsp3) is 0.261. The molecule has 6 rings (SSSR count). The van der Waals surface area contributed by atoms with Gasteiger partial charge in [-0.25, -0.2) is 13.2 Å². The number of aliphatic hydroxyl groups is 1. The molecule has 69 heavy (non-hydrogen) atoms. The first kappa shape index (κ1) is 51.3. The monoisotopic (exact) mass is 995 g/mol. The zero-order valence-corrected chi connectivity index (χ0v) is 36.2. The number of hydrogen-bond donors (Lipinski definition) is 5. The van der Waals surface area contributed by atoms with E-state index in [0.29, 0.717) is 35.8 Å². The molecule has 0 saturated carbocycles. The number of aromatic hydroxyl groups is 1. The van der Waals surface area contributed by atoms with Gasteiger partial charge in [0.25, 0.3) is 21.5 Å². The Morgan fingerprint density at radius 3 is 2.06 bits per heavy atom. The molecule has 366 valence electrons. The summed E-state index contributed by atoms with van der Waals surface area (Å²) in [5.74, 6) is -2.31. The minimum absolute atomic E-state index is 0.0169. The molecular weight excluding hydrogens is 958 g/mol. The molecule has 0 spiro atoms. The molecule has 23 heteroatoms. The van der Waals surface area contributed by atoms with E-state index in [2.05, 4.69) is 10.6 Å². The molecule has 1 aliphatic carbocycles. The summed E-state index contributed by atoms with van der Waals surface area (Å²) in [5.41, 5.74) is -7.29. The topological polar surface area (TPSA) is 204 Å². The van der Waals surface area contributed by atoms with Gasteiger partial charge in [0, 0.05) is 59.3 Å². The SMILES string of the molecule is O=C(CCCCCNC(=O)c1ccc(-c2c3ccc(=O)cc-3oc3cc(O)ccc23)c(C(=O)O)c1)NCCc1cccc(S(=O)(=O)N(CC(F)(F)F)c2ccc(C(O)(C(F)(F)F)C(F)(F)F)cc2)c1. The van der Waals surface area contributed by atoms with Crippen LogP contribution in [0.1, 0.15) is 57.5 Å². The Labute approximate surface area is 385 Å². The van der Waals surface area contributed by atoms with Crippen molar-refractivity contribution in [3.8, 4) is 28.2 Å². The van der Waals surface area contributed by atoms with E-state index in [-0.39, 0.29) is 99.3 Å². The molecule has 2 amide bonds. The fourth-order valence-corrected chi connectivity index (χ4v) is 8.90. The Morgan fingerprint density at radius 2 is 1.41 bits per heavy atom. The molecule has 0 unspecified atom stereocenters. The van der Waals surface area contributed by atoms with Crippen LogP contribution in [0.4, 0.5) is 45.2 Å². The van der Waals surface area contributed by atoms with Crippen molar-refractivity contribution in [3.05, 3.63) is 136 Å². The summed E-state index contributed by atoms with van der Waals surface area (Å²) in [5, 5.41) is 35.6. The number of fused-ring (bicyclic) bond motifs is 2. The number of benzene rings is 5. The number of carboxylic acids is 1. The van der Waals surface area contributed by atoms with Crippen molar-refractivity contribution in [1.29, 1.82) is 0 Å². The molecule has 13 nitrogen and oxygen atoms in total. The third-order valence-corrected chi connectivity index (χ3v) is 12.5. The highest BCUT2D eigenvalue weighted by atomic mass is 32.2. The van der Waals surface area contributed by atoms with Crippen molar-refractivity contribution in [2.24, 2.45) is 0 Å². The van der Waals surface area contributed by atoms with E-state index >= 15 is 0 Å². The number of phenols is 1. The minimum atomic E-state index is -6.31. The van der Waals surface area contributed by atoms with Crippen LogP contribution in [0, 0.1) is 0 Å². The number of sulfonamides is 1. The zero-order chi connectivity index (χ0) is 50.7. The number of phenolic OH excluding ortho intramolecular Hbond substituents is 1. The number of nitrogens with one attached hydrogen (secondary N) is 2. The van der Waals surface area contributed by atoms with Crippen LogP contribution < -0.4 is 20.4 Å². The van der Waals surface area contributed by atoms with Crippen LogP contribution in [0.25, 0.3) is 33.4 Å². The lowest BCUT2D eigenvalue weighted by Gasteiger charge is -2.33. The van der Waals surface area contributed by atoms with E-state index in [4.69, 9.17) is 4.42 Å². The lowest BCUT2D eigenvalue weighted by molar-refractivity contribution is -0.376. The van der Waals surface area contributed by atoms with Gasteiger partial charge in [-0.3, -0.25) is 18.7 Å². The molecule has 0 saturated heterocycles. The van der Waals surface area contributed by atoms with Crippen molar-refractivity contribution >= 4 is 44.5 Å². The number of rotatable bonds is 17. The van der Waals surface area contributed by atoms with Gasteiger partial charge in [-0.2, -0.15) is 39.5 Å². The lowest BCUT2D eigenvalue weighted by Crippen LogP contribution is -2.53. The van der Waals surface area contributed by atoms with Gasteiger partial charge >= 0.3 is 24.5 Å². The average Bonchev–Trinajstić information content (AvgIpc) is 3.27. The van der Waals surface area contributed by atoms with E-state index in [1.54, 1.807) is 0 Å². The Morgan fingerprint density at radius 1 is 0.725 bits per heavy atom. The minimum Gasteiger partial charge on any atom is -0.508 e. The van der Waals surface area contributed by atoms with Crippen molar-refractivity contribution in [3.63, 3.8) is 0 Å². The number of amides is 2. The number of anilines is 1. The molecule has 4 aromatic carbocycles. The summed E-state index contributed by atoms with van der Waals surface area (Å²) in [4.78, 5) is 49.5. The van der Waals surface area contributed by atoms with Gasteiger partial charge in [-0.1, -0.05) is 36.8 Å². The van der Waals surface area contributed by atoms with Crippen molar-refractivity contribution in [2.75, 3.05) is 23.9 Å². The maximum Gasteiger partial charge on any atom is 0.430 e. The van der Waals surface area contributed by atoms with E-state index in [0.717, 1.165) is 12.1 Å².